The summed E-state index contributed by atoms with van der Waals surface area (Å²) in [5, 5.41) is 2.17. The Morgan fingerprint density at radius 3 is 2.71 bits per heavy atom. The molecule has 1 aromatic heterocycles. The van der Waals surface area contributed by atoms with Gasteiger partial charge in [-0.05, 0) is 12.8 Å². The summed E-state index contributed by atoms with van der Waals surface area (Å²) in [6, 6.07) is 0. The van der Waals surface area contributed by atoms with Crippen LogP contribution in [0.5, 0.6) is 0 Å². The van der Waals surface area contributed by atoms with Gasteiger partial charge in [0.05, 0.1) is 12.4 Å². The van der Waals surface area contributed by atoms with Crippen molar-refractivity contribution >= 4 is 23.4 Å². The molecule has 1 aliphatic rings. The second-order valence-corrected chi connectivity index (χ2v) is 5.27. The molecule has 0 amide bonds. The summed E-state index contributed by atoms with van der Waals surface area (Å²) in [6.07, 6.45) is 10.1. The van der Waals surface area contributed by atoms with E-state index in [1.54, 1.807) is 12.4 Å². The fraction of sp³-hybridized carbons (Fsp3) is 0.600. The quantitative estimate of drug-likeness (QED) is 0.774. The molecule has 76 valence electrons. The first-order chi connectivity index (χ1) is 6.84. The van der Waals surface area contributed by atoms with Crippen LogP contribution in [0.4, 0.5) is 0 Å². The highest BCUT2D eigenvalue weighted by atomic mass is 35.5. The molecular weight excluding hydrogens is 216 g/mol. The van der Waals surface area contributed by atoms with E-state index in [1.165, 1.54) is 32.1 Å². The van der Waals surface area contributed by atoms with Gasteiger partial charge in [0.1, 0.15) is 10.2 Å². The van der Waals surface area contributed by atoms with Gasteiger partial charge in [-0.15, -0.1) is 11.8 Å². The predicted molar refractivity (Wildman–Crippen MR) is 59.8 cm³/mol. The topological polar surface area (TPSA) is 25.8 Å². The van der Waals surface area contributed by atoms with Gasteiger partial charge in [0.15, 0.2) is 0 Å². The van der Waals surface area contributed by atoms with Gasteiger partial charge in [-0.1, -0.05) is 30.9 Å². The Labute approximate surface area is 93.5 Å². The van der Waals surface area contributed by atoms with Gasteiger partial charge in [0, 0.05) is 5.25 Å². The molecule has 2 nitrogen and oxygen atoms in total. The Bertz CT molecular complexity index is 300. The molecule has 14 heavy (non-hydrogen) atoms. The molecule has 0 radical (unpaired) electrons. The Hall–Kier alpha value is -0.280. The first kappa shape index (κ1) is 10.2. The molecule has 0 N–H and O–H groups in total. The molecule has 0 atom stereocenters. The predicted octanol–water partition coefficient (Wildman–Crippen LogP) is 3.55. The highest BCUT2D eigenvalue weighted by Crippen LogP contribution is 2.32. The molecule has 1 heterocycles. The van der Waals surface area contributed by atoms with Crippen LogP contribution in [-0.4, -0.2) is 15.2 Å². The van der Waals surface area contributed by atoms with E-state index in [-0.39, 0.29) is 0 Å². The van der Waals surface area contributed by atoms with E-state index in [4.69, 9.17) is 11.6 Å². The molecule has 0 bridgehead atoms. The summed E-state index contributed by atoms with van der Waals surface area (Å²) < 4.78 is 0. The van der Waals surface area contributed by atoms with Gasteiger partial charge in [-0.2, -0.15) is 0 Å². The van der Waals surface area contributed by atoms with E-state index in [0.29, 0.717) is 5.15 Å². The number of aromatic nitrogens is 2. The maximum absolute atomic E-state index is 5.78. The zero-order valence-corrected chi connectivity index (χ0v) is 9.52. The molecule has 4 heteroatoms. The van der Waals surface area contributed by atoms with Gasteiger partial charge >= 0.3 is 0 Å². The third-order valence-corrected chi connectivity index (χ3v) is 3.85. The minimum Gasteiger partial charge on any atom is -0.259 e. The third kappa shape index (κ3) is 2.85. The maximum atomic E-state index is 5.78. The van der Waals surface area contributed by atoms with Crippen molar-refractivity contribution in [1.29, 1.82) is 0 Å². The minimum atomic E-state index is 0.491. The van der Waals surface area contributed by atoms with E-state index in [0.717, 1.165) is 10.3 Å². The Kier molecular flexibility index (Phi) is 3.65. The lowest BCUT2D eigenvalue weighted by molar-refractivity contribution is 0.515. The molecule has 1 fully saturated rings. The third-order valence-electron chi connectivity index (χ3n) is 2.42. The monoisotopic (exact) mass is 228 g/mol. The van der Waals surface area contributed by atoms with E-state index in [9.17, 15) is 0 Å². The molecule has 1 aromatic rings. The summed E-state index contributed by atoms with van der Waals surface area (Å²) in [5.74, 6) is 0. The summed E-state index contributed by atoms with van der Waals surface area (Å²) in [7, 11) is 0. The second kappa shape index (κ2) is 4.99. The van der Waals surface area contributed by atoms with Crippen molar-refractivity contribution < 1.29 is 0 Å². The van der Waals surface area contributed by atoms with Gasteiger partial charge in [0.25, 0.3) is 0 Å². The lowest BCUT2D eigenvalue weighted by Crippen LogP contribution is -2.08. The Balaban J connectivity index is 1.95. The maximum Gasteiger partial charge on any atom is 0.148 e. The van der Waals surface area contributed by atoms with Crippen LogP contribution in [0.15, 0.2) is 17.4 Å². The van der Waals surface area contributed by atoms with Crippen LogP contribution < -0.4 is 0 Å². The van der Waals surface area contributed by atoms with Crippen LogP contribution in [0, 0.1) is 0 Å². The number of thioether (sulfide) groups is 1. The van der Waals surface area contributed by atoms with Crippen molar-refractivity contribution in [2.24, 2.45) is 0 Å². The van der Waals surface area contributed by atoms with Crippen molar-refractivity contribution in [1.82, 2.24) is 9.97 Å². The summed E-state index contributed by atoms with van der Waals surface area (Å²) in [5.41, 5.74) is 0. The van der Waals surface area contributed by atoms with Crippen molar-refractivity contribution in [3.8, 4) is 0 Å². The van der Waals surface area contributed by atoms with Crippen LogP contribution in [0.1, 0.15) is 32.1 Å². The summed E-state index contributed by atoms with van der Waals surface area (Å²) in [6.45, 7) is 0. The summed E-state index contributed by atoms with van der Waals surface area (Å²) >= 11 is 7.60. The van der Waals surface area contributed by atoms with E-state index >= 15 is 0 Å². The van der Waals surface area contributed by atoms with Crippen molar-refractivity contribution in [3.63, 3.8) is 0 Å². The molecule has 2 rings (SSSR count). The summed E-state index contributed by atoms with van der Waals surface area (Å²) in [4.78, 5) is 8.27. The zero-order valence-electron chi connectivity index (χ0n) is 7.95. The first-order valence-electron chi connectivity index (χ1n) is 4.99. The van der Waals surface area contributed by atoms with E-state index in [1.807, 2.05) is 11.8 Å². The van der Waals surface area contributed by atoms with Crippen molar-refractivity contribution in [3.05, 3.63) is 17.5 Å². The zero-order chi connectivity index (χ0) is 9.80. The second-order valence-electron chi connectivity index (χ2n) is 3.56. The van der Waals surface area contributed by atoms with Crippen LogP contribution in [0.25, 0.3) is 0 Å². The standard InChI is InChI=1S/C10H13ClN2S/c11-9-6-12-7-10(13-9)14-8-4-2-1-3-5-8/h6-8H,1-5H2. The van der Waals surface area contributed by atoms with Crippen molar-refractivity contribution in [2.45, 2.75) is 42.4 Å². The van der Waals surface area contributed by atoms with E-state index < -0.39 is 0 Å². The lowest BCUT2D eigenvalue weighted by Gasteiger charge is -2.20. The molecule has 0 unspecified atom stereocenters. The Morgan fingerprint density at radius 1 is 1.21 bits per heavy atom. The van der Waals surface area contributed by atoms with Gasteiger partial charge in [0.2, 0.25) is 0 Å². The number of nitrogens with zero attached hydrogens (tertiary/aromatic N) is 2. The SMILES string of the molecule is Clc1cncc(SC2CCCCC2)n1. The van der Waals surface area contributed by atoms with Crippen LogP contribution in [0.3, 0.4) is 0 Å². The fourth-order valence-corrected chi connectivity index (χ4v) is 3.12. The minimum absolute atomic E-state index is 0.491. The molecule has 0 aromatic carbocycles. The van der Waals surface area contributed by atoms with Crippen LogP contribution >= 0.6 is 23.4 Å². The Morgan fingerprint density at radius 2 is 2.00 bits per heavy atom. The average molecular weight is 229 g/mol. The molecule has 0 spiro atoms. The lowest BCUT2D eigenvalue weighted by atomic mass is 10.0. The van der Waals surface area contributed by atoms with Crippen LogP contribution in [0.2, 0.25) is 5.15 Å². The fourth-order valence-electron chi connectivity index (χ4n) is 1.74. The normalized spacial score (nSPS) is 18.4. The van der Waals surface area contributed by atoms with E-state index in [2.05, 4.69) is 9.97 Å². The smallest absolute Gasteiger partial charge is 0.148 e. The van der Waals surface area contributed by atoms with Gasteiger partial charge < -0.3 is 0 Å². The highest BCUT2D eigenvalue weighted by Gasteiger charge is 2.15. The molecule has 1 saturated carbocycles. The largest absolute Gasteiger partial charge is 0.259 e. The van der Waals surface area contributed by atoms with Gasteiger partial charge in [-0.3, -0.25) is 4.98 Å². The van der Waals surface area contributed by atoms with Crippen LogP contribution in [-0.2, 0) is 0 Å². The number of halogens is 1. The molecular formula is C10H13ClN2S. The average Bonchev–Trinajstić information content (AvgIpc) is 2.19. The van der Waals surface area contributed by atoms with Gasteiger partial charge in [-0.25, -0.2) is 4.98 Å². The number of rotatable bonds is 2. The number of hydrogen-bond donors (Lipinski definition) is 0. The molecule has 0 aliphatic heterocycles. The molecule has 0 saturated heterocycles. The highest BCUT2D eigenvalue weighted by molar-refractivity contribution is 7.99. The first-order valence-corrected chi connectivity index (χ1v) is 6.24. The number of hydrogen-bond acceptors (Lipinski definition) is 3. The van der Waals surface area contributed by atoms with Crippen molar-refractivity contribution in [2.75, 3.05) is 0 Å². The molecule has 1 aliphatic carbocycles.